The van der Waals surface area contributed by atoms with E-state index in [4.69, 9.17) is 0 Å². The highest BCUT2D eigenvalue weighted by Gasteiger charge is 1.97. The first kappa shape index (κ1) is 11.9. The Hall–Kier alpha value is -0.220. The number of aromatic nitrogens is 1. The van der Waals surface area contributed by atoms with Crippen molar-refractivity contribution in [3.8, 4) is 0 Å². The smallest absolute Gasteiger partial charge is 0.129 e. The minimum absolute atomic E-state index is 0.892. The molecule has 0 aliphatic heterocycles. The molecule has 2 nitrogen and oxygen atoms in total. The minimum atomic E-state index is 0.892. The summed E-state index contributed by atoms with van der Waals surface area (Å²) in [5.41, 5.74) is 1.08. The summed E-state index contributed by atoms with van der Waals surface area (Å²) in [6.45, 7) is 3.20. The summed E-state index contributed by atoms with van der Waals surface area (Å²) in [4.78, 5) is 4.14. The van der Waals surface area contributed by atoms with E-state index in [1.165, 1.54) is 17.9 Å². The van der Waals surface area contributed by atoms with Crippen LogP contribution >= 0.6 is 27.7 Å². The molecule has 1 N–H and O–H groups in total. The fourth-order valence-electron chi connectivity index (χ4n) is 1.06. The Kier molecular flexibility index (Phi) is 6.03. The Bertz CT molecular complexity index is 268. The number of nitrogens with zero attached hydrogens (tertiary/aromatic N) is 1. The largest absolute Gasteiger partial charge is 0.383 e. The van der Waals surface area contributed by atoms with Crippen LogP contribution in [0.2, 0.25) is 0 Å². The molecule has 0 atom stereocenters. The molecular formula is C10H15BrN2S. The molecule has 1 aromatic rings. The fraction of sp³-hybridized carbons (Fsp3) is 0.500. The quantitative estimate of drug-likeness (QED) is 0.636. The van der Waals surface area contributed by atoms with E-state index in [0.29, 0.717) is 0 Å². The van der Waals surface area contributed by atoms with E-state index in [2.05, 4.69) is 33.2 Å². The molecule has 0 aliphatic carbocycles. The molecular weight excluding hydrogens is 260 g/mol. The molecule has 0 saturated heterocycles. The van der Waals surface area contributed by atoms with Gasteiger partial charge >= 0.3 is 0 Å². The van der Waals surface area contributed by atoms with Gasteiger partial charge in [-0.15, -0.1) is 0 Å². The first-order valence-electron chi connectivity index (χ1n) is 4.76. The lowest BCUT2D eigenvalue weighted by Crippen LogP contribution is -2.03. The van der Waals surface area contributed by atoms with Gasteiger partial charge in [-0.2, -0.15) is 11.8 Å². The lowest BCUT2D eigenvalue weighted by molar-refractivity contribution is 0.987. The predicted octanol–water partition coefficient (Wildman–Crippen LogP) is 3.40. The summed E-state index contributed by atoms with van der Waals surface area (Å²) in [5, 5.41) is 3.35. The van der Waals surface area contributed by atoms with Crippen molar-refractivity contribution in [3.63, 3.8) is 0 Å². The van der Waals surface area contributed by atoms with E-state index >= 15 is 0 Å². The zero-order valence-electron chi connectivity index (χ0n) is 8.29. The summed E-state index contributed by atoms with van der Waals surface area (Å²) in [7, 11) is 0. The third kappa shape index (κ3) is 4.33. The van der Waals surface area contributed by atoms with E-state index in [-0.39, 0.29) is 0 Å². The summed E-state index contributed by atoms with van der Waals surface area (Å²) >= 11 is 5.38. The Morgan fingerprint density at radius 2 is 2.43 bits per heavy atom. The average molecular weight is 275 g/mol. The molecule has 0 aliphatic rings. The van der Waals surface area contributed by atoms with Gasteiger partial charge in [0.15, 0.2) is 0 Å². The summed E-state index contributed by atoms with van der Waals surface area (Å²) in [6, 6.07) is 3.97. The van der Waals surface area contributed by atoms with Crippen LogP contribution < -0.4 is 5.32 Å². The van der Waals surface area contributed by atoms with Crippen molar-refractivity contribution < 1.29 is 0 Å². The number of anilines is 1. The Balaban J connectivity index is 2.21. The van der Waals surface area contributed by atoms with Gasteiger partial charge in [0, 0.05) is 12.7 Å². The van der Waals surface area contributed by atoms with Crippen LogP contribution in [-0.4, -0.2) is 23.0 Å². The highest BCUT2D eigenvalue weighted by Crippen LogP contribution is 2.18. The lowest BCUT2D eigenvalue weighted by Gasteiger charge is -2.06. The van der Waals surface area contributed by atoms with Gasteiger partial charge in [0.25, 0.3) is 0 Å². The van der Waals surface area contributed by atoms with Gasteiger partial charge in [-0.25, -0.2) is 4.98 Å². The van der Waals surface area contributed by atoms with Crippen LogP contribution in [0, 0.1) is 0 Å². The van der Waals surface area contributed by atoms with Crippen LogP contribution in [0.5, 0.6) is 0 Å². The maximum absolute atomic E-state index is 4.14. The van der Waals surface area contributed by atoms with Crippen LogP contribution in [0.1, 0.15) is 13.3 Å². The van der Waals surface area contributed by atoms with Gasteiger partial charge in [-0.3, -0.25) is 0 Å². The standard InChI is InChI=1S/C10H15BrN2S/c1-2-14-8-4-7-12-9-5-3-6-13-10(9)11/h3,5-6,12H,2,4,7-8H2,1H3. The molecule has 14 heavy (non-hydrogen) atoms. The Labute approximate surface area is 98.0 Å². The maximum Gasteiger partial charge on any atom is 0.129 e. The molecule has 1 heterocycles. The first-order valence-corrected chi connectivity index (χ1v) is 6.71. The number of rotatable bonds is 6. The molecule has 0 spiro atoms. The van der Waals surface area contributed by atoms with Crippen molar-refractivity contribution in [2.75, 3.05) is 23.4 Å². The molecule has 1 aromatic heterocycles. The third-order valence-electron chi connectivity index (χ3n) is 1.74. The van der Waals surface area contributed by atoms with Crippen LogP contribution in [0.4, 0.5) is 5.69 Å². The number of nitrogens with one attached hydrogen (secondary N) is 1. The van der Waals surface area contributed by atoms with Gasteiger partial charge in [-0.1, -0.05) is 6.92 Å². The number of halogens is 1. The fourth-order valence-corrected chi connectivity index (χ4v) is 2.09. The molecule has 0 aromatic carbocycles. The highest BCUT2D eigenvalue weighted by atomic mass is 79.9. The number of pyridine rings is 1. The molecule has 0 bridgehead atoms. The number of thioether (sulfide) groups is 1. The zero-order valence-corrected chi connectivity index (χ0v) is 10.7. The van der Waals surface area contributed by atoms with Gasteiger partial charge in [0.2, 0.25) is 0 Å². The number of hydrogen-bond donors (Lipinski definition) is 1. The van der Waals surface area contributed by atoms with Crippen molar-refractivity contribution in [1.82, 2.24) is 4.98 Å². The van der Waals surface area contributed by atoms with Crippen LogP contribution in [0.25, 0.3) is 0 Å². The van der Waals surface area contributed by atoms with Crippen molar-refractivity contribution >= 4 is 33.4 Å². The Morgan fingerprint density at radius 1 is 1.57 bits per heavy atom. The zero-order chi connectivity index (χ0) is 10.2. The number of hydrogen-bond acceptors (Lipinski definition) is 3. The molecule has 0 unspecified atom stereocenters. The van der Waals surface area contributed by atoms with Crippen LogP contribution in [0.3, 0.4) is 0 Å². The Morgan fingerprint density at radius 3 is 3.14 bits per heavy atom. The lowest BCUT2D eigenvalue weighted by atomic mass is 10.4. The molecule has 0 radical (unpaired) electrons. The van der Waals surface area contributed by atoms with Crippen molar-refractivity contribution in [2.45, 2.75) is 13.3 Å². The molecule has 0 fully saturated rings. The van der Waals surface area contributed by atoms with Crippen LogP contribution in [0.15, 0.2) is 22.9 Å². The van der Waals surface area contributed by atoms with E-state index < -0.39 is 0 Å². The summed E-state index contributed by atoms with van der Waals surface area (Å²) < 4.78 is 0.892. The van der Waals surface area contributed by atoms with Crippen molar-refractivity contribution in [2.24, 2.45) is 0 Å². The van der Waals surface area contributed by atoms with Crippen LogP contribution in [-0.2, 0) is 0 Å². The predicted molar refractivity (Wildman–Crippen MR) is 68.0 cm³/mol. The molecule has 4 heteroatoms. The second-order valence-corrected chi connectivity index (χ2v) is 4.96. The van der Waals surface area contributed by atoms with E-state index in [1.807, 2.05) is 23.9 Å². The molecule has 0 saturated carbocycles. The SMILES string of the molecule is CCSCCCNc1cccnc1Br. The second-order valence-electron chi connectivity index (χ2n) is 2.82. The monoisotopic (exact) mass is 274 g/mol. The van der Waals surface area contributed by atoms with Crippen molar-refractivity contribution in [3.05, 3.63) is 22.9 Å². The van der Waals surface area contributed by atoms with Gasteiger partial charge in [0.1, 0.15) is 4.60 Å². The molecule has 0 amide bonds. The average Bonchev–Trinajstić information content (AvgIpc) is 2.20. The maximum atomic E-state index is 4.14. The van der Waals surface area contributed by atoms with Gasteiger partial charge in [-0.05, 0) is 46.0 Å². The van der Waals surface area contributed by atoms with E-state index in [1.54, 1.807) is 6.20 Å². The minimum Gasteiger partial charge on any atom is -0.383 e. The summed E-state index contributed by atoms with van der Waals surface area (Å²) in [5.74, 6) is 2.43. The van der Waals surface area contributed by atoms with E-state index in [0.717, 1.165) is 16.8 Å². The van der Waals surface area contributed by atoms with Gasteiger partial charge in [0.05, 0.1) is 5.69 Å². The summed E-state index contributed by atoms with van der Waals surface area (Å²) in [6.07, 6.45) is 2.97. The van der Waals surface area contributed by atoms with E-state index in [9.17, 15) is 0 Å². The highest BCUT2D eigenvalue weighted by molar-refractivity contribution is 9.10. The molecule has 1 rings (SSSR count). The second kappa shape index (κ2) is 7.12. The topological polar surface area (TPSA) is 24.9 Å². The van der Waals surface area contributed by atoms with Gasteiger partial charge < -0.3 is 5.32 Å². The van der Waals surface area contributed by atoms with Crippen molar-refractivity contribution in [1.29, 1.82) is 0 Å². The first-order chi connectivity index (χ1) is 6.84. The normalized spacial score (nSPS) is 10.1. The molecule has 78 valence electrons. The third-order valence-corrected chi connectivity index (χ3v) is 3.36.